The minimum Gasteiger partial charge on any atom is -0.493 e. The van der Waals surface area contributed by atoms with Crippen LogP contribution in [0.15, 0.2) is 12.1 Å². The van der Waals surface area contributed by atoms with Crippen LogP contribution in [0.1, 0.15) is 50.0 Å². The lowest BCUT2D eigenvalue weighted by molar-refractivity contribution is 0.113. The zero-order valence-corrected chi connectivity index (χ0v) is 10.5. The van der Waals surface area contributed by atoms with Crippen LogP contribution in [0.2, 0.25) is 0 Å². The van der Waals surface area contributed by atoms with Gasteiger partial charge >= 0.3 is 0 Å². The molecule has 1 aliphatic rings. The predicted octanol–water partition coefficient (Wildman–Crippen LogP) is 3.11. The van der Waals surface area contributed by atoms with Gasteiger partial charge in [0.05, 0.1) is 12.7 Å². The Kier molecular flexibility index (Phi) is 2.70. The minimum atomic E-state index is -0.371. The molecule has 0 saturated carbocycles. The highest BCUT2D eigenvalue weighted by molar-refractivity contribution is 5.49. The van der Waals surface area contributed by atoms with Gasteiger partial charge in [-0.05, 0) is 18.4 Å². The van der Waals surface area contributed by atoms with Gasteiger partial charge in [0.15, 0.2) is 0 Å². The smallest absolute Gasteiger partial charge is 0.128 e. The van der Waals surface area contributed by atoms with Crippen LogP contribution in [0.25, 0.3) is 0 Å². The van der Waals surface area contributed by atoms with Gasteiger partial charge in [-0.1, -0.05) is 32.4 Å². The van der Waals surface area contributed by atoms with Crippen LogP contribution < -0.4 is 4.74 Å². The molecule has 0 saturated heterocycles. The Morgan fingerprint density at radius 3 is 2.62 bits per heavy atom. The third kappa shape index (κ3) is 1.94. The monoisotopic (exact) mass is 220 g/mol. The second-order valence-electron chi connectivity index (χ2n) is 5.63. The summed E-state index contributed by atoms with van der Waals surface area (Å²) in [7, 11) is 0. The fourth-order valence-electron chi connectivity index (χ4n) is 2.20. The van der Waals surface area contributed by atoms with Gasteiger partial charge in [-0.2, -0.15) is 0 Å². The van der Waals surface area contributed by atoms with Crippen molar-refractivity contribution in [3.63, 3.8) is 0 Å². The lowest BCUT2D eigenvalue weighted by Crippen LogP contribution is -2.20. The molecule has 2 heteroatoms. The number of aliphatic hydroxyl groups is 1. The van der Waals surface area contributed by atoms with Crippen molar-refractivity contribution in [3.05, 3.63) is 28.8 Å². The largest absolute Gasteiger partial charge is 0.493 e. The molecular formula is C14H20O2. The number of hydrogen-bond donors (Lipinski definition) is 1. The van der Waals surface area contributed by atoms with Crippen molar-refractivity contribution in [3.8, 4) is 5.75 Å². The number of aliphatic hydroxyl groups excluding tert-OH is 1. The molecule has 0 unspecified atom stereocenters. The van der Waals surface area contributed by atoms with E-state index in [0.717, 1.165) is 11.3 Å². The van der Waals surface area contributed by atoms with Crippen LogP contribution in [0, 0.1) is 6.92 Å². The average Bonchev–Trinajstić information content (AvgIpc) is 2.17. The maximum absolute atomic E-state index is 10.00. The van der Waals surface area contributed by atoms with Crippen molar-refractivity contribution in [2.24, 2.45) is 0 Å². The van der Waals surface area contributed by atoms with E-state index in [0.29, 0.717) is 13.0 Å². The lowest BCUT2D eigenvalue weighted by atomic mass is 9.82. The molecule has 2 nitrogen and oxygen atoms in total. The Morgan fingerprint density at radius 2 is 2.00 bits per heavy atom. The molecule has 1 aliphatic heterocycles. The van der Waals surface area contributed by atoms with Gasteiger partial charge in [0.2, 0.25) is 0 Å². The maximum Gasteiger partial charge on any atom is 0.128 e. The van der Waals surface area contributed by atoms with Gasteiger partial charge in [-0.15, -0.1) is 0 Å². The fraction of sp³-hybridized carbons (Fsp3) is 0.571. The van der Waals surface area contributed by atoms with Crippen LogP contribution >= 0.6 is 0 Å². The first kappa shape index (κ1) is 11.5. The van der Waals surface area contributed by atoms with Crippen molar-refractivity contribution in [2.45, 2.75) is 45.6 Å². The van der Waals surface area contributed by atoms with Crippen LogP contribution in [-0.4, -0.2) is 11.7 Å². The highest BCUT2D eigenvalue weighted by atomic mass is 16.5. The van der Waals surface area contributed by atoms with Gasteiger partial charge < -0.3 is 9.84 Å². The summed E-state index contributed by atoms with van der Waals surface area (Å²) in [4.78, 5) is 0. The first-order valence-corrected chi connectivity index (χ1v) is 5.85. The second kappa shape index (κ2) is 3.77. The van der Waals surface area contributed by atoms with Crippen molar-refractivity contribution < 1.29 is 9.84 Å². The molecule has 0 spiro atoms. The zero-order chi connectivity index (χ0) is 11.9. The van der Waals surface area contributed by atoms with Crippen LogP contribution in [0.3, 0.4) is 0 Å². The Morgan fingerprint density at radius 1 is 1.31 bits per heavy atom. The first-order chi connectivity index (χ1) is 7.39. The number of rotatable bonds is 0. The first-order valence-electron chi connectivity index (χ1n) is 5.85. The van der Waals surface area contributed by atoms with Gasteiger partial charge in [0, 0.05) is 17.5 Å². The SMILES string of the molecule is Cc1cc2c(c(C(C)(C)C)c1)OCC[C@H]2O. The summed E-state index contributed by atoms with van der Waals surface area (Å²) in [5.74, 6) is 0.900. The standard InChI is InChI=1S/C14H20O2/c1-9-7-10-12(15)5-6-16-13(10)11(8-9)14(2,3)4/h7-8,12,15H,5-6H2,1-4H3/t12-/m1/s1. The summed E-state index contributed by atoms with van der Waals surface area (Å²) in [6, 6.07) is 4.20. The van der Waals surface area contributed by atoms with Crippen molar-refractivity contribution in [1.82, 2.24) is 0 Å². The van der Waals surface area contributed by atoms with E-state index >= 15 is 0 Å². The van der Waals surface area contributed by atoms with Gasteiger partial charge in [0.25, 0.3) is 0 Å². The van der Waals surface area contributed by atoms with Crippen molar-refractivity contribution in [1.29, 1.82) is 0 Å². The van der Waals surface area contributed by atoms with Crippen LogP contribution in [-0.2, 0) is 5.41 Å². The topological polar surface area (TPSA) is 29.5 Å². The number of ether oxygens (including phenoxy) is 1. The van der Waals surface area contributed by atoms with E-state index in [1.165, 1.54) is 11.1 Å². The number of aryl methyl sites for hydroxylation is 1. The normalized spacial score (nSPS) is 20.2. The van der Waals surface area contributed by atoms with E-state index < -0.39 is 0 Å². The summed E-state index contributed by atoms with van der Waals surface area (Å²) in [6.45, 7) is 9.20. The summed E-state index contributed by atoms with van der Waals surface area (Å²) in [5, 5.41) is 10.00. The van der Waals surface area contributed by atoms with E-state index in [1.807, 2.05) is 6.07 Å². The molecule has 0 fully saturated rings. The summed E-state index contributed by atoms with van der Waals surface area (Å²) in [6.07, 6.45) is 0.324. The molecule has 0 bridgehead atoms. The Balaban J connectivity index is 2.62. The third-order valence-corrected chi connectivity index (χ3v) is 3.07. The van der Waals surface area contributed by atoms with Crippen LogP contribution in [0.4, 0.5) is 0 Å². The third-order valence-electron chi connectivity index (χ3n) is 3.07. The van der Waals surface area contributed by atoms with Crippen molar-refractivity contribution in [2.75, 3.05) is 6.61 Å². The van der Waals surface area contributed by atoms with E-state index in [9.17, 15) is 5.11 Å². The number of hydrogen-bond acceptors (Lipinski definition) is 2. The molecule has 1 N–H and O–H groups in total. The second-order valence-corrected chi connectivity index (χ2v) is 5.63. The molecule has 0 aromatic heterocycles. The quantitative estimate of drug-likeness (QED) is 0.728. The van der Waals surface area contributed by atoms with E-state index in [2.05, 4.69) is 33.8 Å². The van der Waals surface area contributed by atoms with Crippen LogP contribution in [0.5, 0.6) is 5.75 Å². The van der Waals surface area contributed by atoms with E-state index in [-0.39, 0.29) is 11.5 Å². The molecule has 16 heavy (non-hydrogen) atoms. The fourth-order valence-corrected chi connectivity index (χ4v) is 2.20. The number of fused-ring (bicyclic) bond motifs is 1. The average molecular weight is 220 g/mol. The van der Waals surface area contributed by atoms with Gasteiger partial charge in [0.1, 0.15) is 5.75 Å². The molecule has 88 valence electrons. The molecule has 1 atom stereocenters. The van der Waals surface area contributed by atoms with Gasteiger partial charge in [-0.3, -0.25) is 0 Å². The zero-order valence-electron chi connectivity index (χ0n) is 10.5. The summed E-state index contributed by atoms with van der Waals surface area (Å²) >= 11 is 0. The predicted molar refractivity (Wildman–Crippen MR) is 65.0 cm³/mol. The Bertz CT molecular complexity index is 402. The van der Waals surface area contributed by atoms with Gasteiger partial charge in [-0.25, -0.2) is 0 Å². The van der Waals surface area contributed by atoms with Crippen molar-refractivity contribution >= 4 is 0 Å². The maximum atomic E-state index is 10.00. The molecule has 0 radical (unpaired) electrons. The molecular weight excluding hydrogens is 200 g/mol. The molecule has 1 aromatic carbocycles. The highest BCUT2D eigenvalue weighted by Crippen LogP contribution is 2.41. The Labute approximate surface area is 97.3 Å². The molecule has 0 amide bonds. The molecule has 1 heterocycles. The lowest BCUT2D eigenvalue weighted by Gasteiger charge is -2.30. The molecule has 1 aromatic rings. The Hall–Kier alpha value is -1.02. The van der Waals surface area contributed by atoms with E-state index in [1.54, 1.807) is 0 Å². The molecule has 2 rings (SSSR count). The molecule has 0 aliphatic carbocycles. The summed E-state index contributed by atoms with van der Waals surface area (Å²) < 4.78 is 5.75. The van der Waals surface area contributed by atoms with E-state index in [4.69, 9.17) is 4.74 Å². The summed E-state index contributed by atoms with van der Waals surface area (Å²) in [5.41, 5.74) is 3.39. The highest BCUT2D eigenvalue weighted by Gasteiger charge is 2.27. The number of benzene rings is 1. The minimum absolute atomic E-state index is 0.0488.